The Morgan fingerprint density at radius 3 is 2.90 bits per heavy atom. The summed E-state index contributed by atoms with van der Waals surface area (Å²) in [5.41, 5.74) is 5.61. The number of hydrogen-bond acceptors (Lipinski definition) is 4. The molecule has 1 aromatic carbocycles. The van der Waals surface area contributed by atoms with E-state index in [4.69, 9.17) is 10.5 Å². The molecule has 0 bridgehead atoms. The summed E-state index contributed by atoms with van der Waals surface area (Å²) in [6, 6.07) is 3.30. The van der Waals surface area contributed by atoms with E-state index in [0.29, 0.717) is 6.42 Å². The van der Waals surface area contributed by atoms with Crippen LogP contribution in [-0.4, -0.2) is 27.7 Å². The number of nitrogens with one attached hydrogen (secondary N) is 1. The molecule has 1 aliphatic rings. The molecule has 1 heterocycles. The minimum Gasteiger partial charge on any atom is -0.398 e. The van der Waals surface area contributed by atoms with Gasteiger partial charge in [0.1, 0.15) is 10.7 Å². The zero-order valence-electron chi connectivity index (χ0n) is 11.1. The van der Waals surface area contributed by atoms with E-state index in [0.717, 1.165) is 38.0 Å². The van der Waals surface area contributed by atoms with Crippen LogP contribution in [0.3, 0.4) is 0 Å². The van der Waals surface area contributed by atoms with Crippen molar-refractivity contribution < 1.29 is 17.5 Å². The van der Waals surface area contributed by atoms with E-state index in [9.17, 15) is 12.8 Å². The molecule has 112 valence electrons. The molecule has 5 nitrogen and oxygen atoms in total. The Hall–Kier alpha value is -1.18. The molecule has 7 heteroatoms. The van der Waals surface area contributed by atoms with Gasteiger partial charge in [-0.25, -0.2) is 17.5 Å². The van der Waals surface area contributed by atoms with E-state index < -0.39 is 15.8 Å². The summed E-state index contributed by atoms with van der Waals surface area (Å²) in [5, 5.41) is 0. The molecule has 1 fully saturated rings. The zero-order chi connectivity index (χ0) is 14.6. The highest BCUT2D eigenvalue weighted by atomic mass is 32.2. The molecule has 0 aromatic heterocycles. The van der Waals surface area contributed by atoms with Crippen molar-refractivity contribution in [3.63, 3.8) is 0 Å². The number of halogens is 1. The van der Waals surface area contributed by atoms with Gasteiger partial charge in [-0.3, -0.25) is 0 Å². The predicted molar refractivity (Wildman–Crippen MR) is 74.2 cm³/mol. The lowest BCUT2D eigenvalue weighted by Gasteiger charge is -2.22. The summed E-state index contributed by atoms with van der Waals surface area (Å²) in [6.07, 6.45) is 3.81. The molecule has 1 unspecified atom stereocenters. The fraction of sp³-hybridized carbons (Fsp3) is 0.538. The number of hydrogen-bond donors (Lipinski definition) is 2. The van der Waals surface area contributed by atoms with Crippen molar-refractivity contribution in [1.82, 2.24) is 4.72 Å². The van der Waals surface area contributed by atoms with Crippen LogP contribution in [0.2, 0.25) is 0 Å². The lowest BCUT2D eigenvalue weighted by Crippen LogP contribution is -2.30. The third kappa shape index (κ3) is 3.91. The van der Waals surface area contributed by atoms with Gasteiger partial charge >= 0.3 is 0 Å². The van der Waals surface area contributed by atoms with Crippen LogP contribution in [0.1, 0.15) is 25.7 Å². The van der Waals surface area contributed by atoms with Gasteiger partial charge in [0, 0.05) is 13.2 Å². The van der Waals surface area contributed by atoms with Crippen LogP contribution < -0.4 is 10.5 Å². The highest BCUT2D eigenvalue weighted by Crippen LogP contribution is 2.19. The van der Waals surface area contributed by atoms with Crippen molar-refractivity contribution in [3.05, 3.63) is 24.0 Å². The van der Waals surface area contributed by atoms with E-state index >= 15 is 0 Å². The smallest absolute Gasteiger partial charge is 0.242 e. The predicted octanol–water partition coefficient (Wildman–Crippen LogP) is 1.65. The van der Waals surface area contributed by atoms with Crippen molar-refractivity contribution in [2.24, 2.45) is 0 Å². The van der Waals surface area contributed by atoms with Gasteiger partial charge in [-0.2, -0.15) is 0 Å². The van der Waals surface area contributed by atoms with Gasteiger partial charge in [0.05, 0.1) is 11.8 Å². The van der Waals surface area contributed by atoms with E-state index in [-0.39, 0.29) is 23.2 Å². The van der Waals surface area contributed by atoms with Gasteiger partial charge in [-0.05, 0) is 43.9 Å². The SMILES string of the molecule is Nc1ccc(F)cc1S(=O)(=O)NCCC1CCCCO1. The lowest BCUT2D eigenvalue weighted by atomic mass is 10.1. The molecule has 0 aliphatic carbocycles. The van der Waals surface area contributed by atoms with Crippen molar-refractivity contribution in [2.45, 2.75) is 36.7 Å². The number of nitrogen functional groups attached to an aromatic ring is 1. The van der Waals surface area contributed by atoms with Gasteiger partial charge in [-0.15, -0.1) is 0 Å². The first-order chi connectivity index (χ1) is 9.49. The number of rotatable bonds is 5. The van der Waals surface area contributed by atoms with Crippen molar-refractivity contribution in [1.29, 1.82) is 0 Å². The fourth-order valence-corrected chi connectivity index (χ4v) is 3.40. The topological polar surface area (TPSA) is 81.4 Å². The largest absolute Gasteiger partial charge is 0.398 e. The average molecular weight is 302 g/mol. The minimum absolute atomic E-state index is 0.0350. The zero-order valence-corrected chi connectivity index (χ0v) is 12.0. The van der Waals surface area contributed by atoms with Gasteiger partial charge in [-0.1, -0.05) is 0 Å². The van der Waals surface area contributed by atoms with Crippen molar-refractivity contribution in [2.75, 3.05) is 18.9 Å². The minimum atomic E-state index is -3.78. The molecule has 0 amide bonds. The lowest BCUT2D eigenvalue weighted by molar-refractivity contribution is 0.0123. The molecular formula is C13H19FN2O3S. The molecule has 0 radical (unpaired) electrons. The summed E-state index contributed by atoms with van der Waals surface area (Å²) in [6.45, 7) is 0.983. The van der Waals surface area contributed by atoms with Gasteiger partial charge in [0.2, 0.25) is 10.0 Å². The first-order valence-corrected chi connectivity index (χ1v) is 8.13. The monoisotopic (exact) mass is 302 g/mol. The fourth-order valence-electron chi connectivity index (χ4n) is 2.21. The van der Waals surface area contributed by atoms with E-state index in [2.05, 4.69) is 4.72 Å². The molecule has 3 N–H and O–H groups in total. The molecular weight excluding hydrogens is 283 g/mol. The molecule has 2 rings (SSSR count). The first kappa shape index (κ1) is 15.2. The standard InChI is InChI=1S/C13H19FN2O3S/c14-10-4-5-12(15)13(9-10)20(17,18)16-7-6-11-3-1-2-8-19-11/h4-5,9,11,16H,1-3,6-8,15H2. The Bertz CT molecular complexity index is 557. The Kier molecular flexibility index (Phi) is 4.95. The van der Waals surface area contributed by atoms with Crippen LogP contribution >= 0.6 is 0 Å². The third-order valence-corrected chi connectivity index (χ3v) is 4.81. The number of ether oxygens (including phenoxy) is 1. The van der Waals surface area contributed by atoms with Gasteiger partial charge in [0.15, 0.2) is 0 Å². The van der Waals surface area contributed by atoms with Crippen LogP contribution in [0.15, 0.2) is 23.1 Å². The van der Waals surface area contributed by atoms with E-state index in [1.54, 1.807) is 0 Å². The molecule has 1 saturated heterocycles. The third-order valence-electron chi connectivity index (χ3n) is 3.30. The van der Waals surface area contributed by atoms with Crippen LogP contribution in [0.4, 0.5) is 10.1 Å². The summed E-state index contributed by atoms with van der Waals surface area (Å²) < 4.78 is 45.2. The number of benzene rings is 1. The number of anilines is 1. The Labute approximate surface area is 118 Å². The summed E-state index contributed by atoms with van der Waals surface area (Å²) >= 11 is 0. The van der Waals surface area contributed by atoms with E-state index in [1.807, 2.05) is 0 Å². The maximum absolute atomic E-state index is 13.1. The molecule has 1 aromatic rings. The molecule has 0 spiro atoms. The van der Waals surface area contributed by atoms with Gasteiger partial charge < -0.3 is 10.5 Å². The second-order valence-electron chi connectivity index (χ2n) is 4.86. The van der Waals surface area contributed by atoms with Crippen LogP contribution in [-0.2, 0) is 14.8 Å². The highest BCUT2D eigenvalue weighted by Gasteiger charge is 2.19. The van der Waals surface area contributed by atoms with Crippen molar-refractivity contribution in [3.8, 4) is 0 Å². The Morgan fingerprint density at radius 1 is 1.40 bits per heavy atom. The second-order valence-corrected chi connectivity index (χ2v) is 6.59. The summed E-state index contributed by atoms with van der Waals surface area (Å²) in [7, 11) is -3.78. The van der Waals surface area contributed by atoms with Gasteiger partial charge in [0.25, 0.3) is 0 Å². The van der Waals surface area contributed by atoms with Crippen molar-refractivity contribution >= 4 is 15.7 Å². The highest BCUT2D eigenvalue weighted by molar-refractivity contribution is 7.89. The normalized spacial score (nSPS) is 19.9. The molecule has 20 heavy (non-hydrogen) atoms. The molecule has 0 saturated carbocycles. The summed E-state index contributed by atoms with van der Waals surface area (Å²) in [5.74, 6) is -0.629. The molecule has 1 atom stereocenters. The number of nitrogens with two attached hydrogens (primary N) is 1. The second kappa shape index (κ2) is 6.51. The maximum atomic E-state index is 13.1. The van der Waals surface area contributed by atoms with Crippen LogP contribution in [0.5, 0.6) is 0 Å². The maximum Gasteiger partial charge on any atom is 0.242 e. The summed E-state index contributed by atoms with van der Waals surface area (Å²) in [4.78, 5) is -0.220. The van der Waals surface area contributed by atoms with Crippen LogP contribution in [0, 0.1) is 5.82 Å². The number of sulfonamides is 1. The van der Waals surface area contributed by atoms with E-state index in [1.165, 1.54) is 6.07 Å². The quantitative estimate of drug-likeness (QED) is 0.810. The van der Waals surface area contributed by atoms with Crippen LogP contribution in [0.25, 0.3) is 0 Å². The average Bonchev–Trinajstić information content (AvgIpc) is 2.42. The Balaban J connectivity index is 1.95. The molecule has 1 aliphatic heterocycles. The Morgan fingerprint density at radius 2 is 2.20 bits per heavy atom. The first-order valence-electron chi connectivity index (χ1n) is 6.65.